The highest BCUT2D eigenvalue weighted by atomic mass is 32.2. The van der Waals surface area contributed by atoms with Crippen LogP contribution in [0.25, 0.3) is 0 Å². The molecule has 0 aliphatic heterocycles. The van der Waals surface area contributed by atoms with Crippen molar-refractivity contribution in [2.75, 3.05) is 0 Å². The van der Waals surface area contributed by atoms with Crippen LogP contribution in [-0.2, 0) is 4.57 Å². The SMILES string of the molecule is CCCCC(SC(C)(C)C)P(=O)(c1ccccc1)c1ccccc1. The zero-order chi connectivity index (χ0) is 17.6. The van der Waals surface area contributed by atoms with Gasteiger partial charge in [-0.05, 0) is 6.42 Å². The molecule has 130 valence electrons. The minimum absolute atomic E-state index is 0.0810. The summed E-state index contributed by atoms with van der Waals surface area (Å²) in [5.74, 6) is 0. The first-order valence-electron chi connectivity index (χ1n) is 8.76. The van der Waals surface area contributed by atoms with Gasteiger partial charge in [-0.3, -0.25) is 0 Å². The number of benzene rings is 2. The lowest BCUT2D eigenvalue weighted by molar-refractivity contribution is 0.580. The van der Waals surface area contributed by atoms with E-state index in [9.17, 15) is 4.57 Å². The largest absolute Gasteiger partial charge is 0.312 e. The molecule has 0 amide bonds. The molecular weight excluding hydrogens is 331 g/mol. The summed E-state index contributed by atoms with van der Waals surface area (Å²) in [5.41, 5.74) is 0. The third-order valence-electron chi connectivity index (χ3n) is 3.98. The van der Waals surface area contributed by atoms with Crippen molar-refractivity contribution in [2.24, 2.45) is 0 Å². The molecule has 0 heterocycles. The second kappa shape index (κ2) is 8.41. The molecule has 0 fully saturated rings. The van der Waals surface area contributed by atoms with Gasteiger partial charge in [0.15, 0.2) is 7.14 Å². The molecule has 1 unspecified atom stereocenters. The van der Waals surface area contributed by atoms with Gasteiger partial charge in [-0.15, -0.1) is 11.8 Å². The van der Waals surface area contributed by atoms with Crippen molar-refractivity contribution < 1.29 is 4.57 Å². The lowest BCUT2D eigenvalue weighted by Gasteiger charge is -2.33. The highest BCUT2D eigenvalue weighted by Gasteiger charge is 2.38. The Labute approximate surface area is 151 Å². The third-order valence-corrected chi connectivity index (χ3v) is 9.60. The van der Waals surface area contributed by atoms with E-state index in [4.69, 9.17) is 0 Å². The van der Waals surface area contributed by atoms with Crippen LogP contribution in [0, 0.1) is 0 Å². The minimum Gasteiger partial charge on any atom is -0.312 e. The summed E-state index contributed by atoms with van der Waals surface area (Å²) in [7, 11) is -2.70. The number of rotatable bonds is 7. The van der Waals surface area contributed by atoms with Crippen molar-refractivity contribution in [3.8, 4) is 0 Å². The molecule has 2 aromatic rings. The Morgan fingerprint density at radius 2 is 1.38 bits per heavy atom. The Morgan fingerprint density at radius 1 is 0.917 bits per heavy atom. The fraction of sp³-hybridized carbons (Fsp3) is 0.429. The molecule has 0 aliphatic carbocycles. The predicted molar refractivity (Wildman–Crippen MR) is 110 cm³/mol. The maximum absolute atomic E-state index is 14.5. The Kier molecular flexibility index (Phi) is 6.78. The maximum atomic E-state index is 14.5. The van der Waals surface area contributed by atoms with Gasteiger partial charge in [-0.2, -0.15) is 0 Å². The molecule has 0 aromatic heterocycles. The summed E-state index contributed by atoms with van der Waals surface area (Å²) in [6.07, 6.45) is 3.22. The number of hydrogen-bond acceptors (Lipinski definition) is 2. The topological polar surface area (TPSA) is 17.1 Å². The van der Waals surface area contributed by atoms with E-state index in [1.165, 1.54) is 0 Å². The number of thioether (sulfide) groups is 1. The predicted octanol–water partition coefficient (Wildman–Crippen LogP) is 6.05. The van der Waals surface area contributed by atoms with Crippen molar-refractivity contribution in [3.63, 3.8) is 0 Å². The molecule has 2 rings (SSSR count). The van der Waals surface area contributed by atoms with Crippen LogP contribution in [0.4, 0.5) is 0 Å². The highest BCUT2D eigenvalue weighted by molar-refractivity contribution is 8.09. The van der Waals surface area contributed by atoms with Crippen LogP contribution < -0.4 is 10.6 Å². The first-order chi connectivity index (χ1) is 11.4. The van der Waals surface area contributed by atoms with Gasteiger partial charge >= 0.3 is 0 Å². The van der Waals surface area contributed by atoms with Crippen LogP contribution in [0.5, 0.6) is 0 Å². The molecule has 0 radical (unpaired) electrons. The zero-order valence-corrected chi connectivity index (χ0v) is 16.9. The fourth-order valence-corrected chi connectivity index (χ4v) is 9.00. The van der Waals surface area contributed by atoms with Crippen LogP contribution in [0.1, 0.15) is 47.0 Å². The first-order valence-corrected chi connectivity index (χ1v) is 11.4. The van der Waals surface area contributed by atoms with Gasteiger partial charge in [0.1, 0.15) is 0 Å². The molecule has 0 N–H and O–H groups in total. The molecule has 0 bridgehead atoms. The molecule has 1 nitrogen and oxygen atoms in total. The van der Waals surface area contributed by atoms with Crippen LogP contribution in [0.15, 0.2) is 60.7 Å². The van der Waals surface area contributed by atoms with Crippen LogP contribution >= 0.6 is 18.9 Å². The smallest absolute Gasteiger partial charge is 0.155 e. The Balaban J connectivity index is 2.56. The van der Waals surface area contributed by atoms with Gasteiger partial charge in [0.2, 0.25) is 0 Å². The summed E-state index contributed by atoms with van der Waals surface area (Å²) in [6.45, 7) is 8.86. The van der Waals surface area contributed by atoms with Crippen molar-refractivity contribution in [3.05, 3.63) is 60.7 Å². The van der Waals surface area contributed by atoms with Crippen LogP contribution in [0.2, 0.25) is 0 Å². The van der Waals surface area contributed by atoms with Gasteiger partial charge in [-0.1, -0.05) is 101 Å². The van der Waals surface area contributed by atoms with Crippen LogP contribution in [0.3, 0.4) is 0 Å². The van der Waals surface area contributed by atoms with Crippen molar-refractivity contribution >= 4 is 29.5 Å². The standard InChI is InChI=1S/C21H29OPS/c1-5-6-17-20(24-21(2,3)4)23(22,18-13-9-7-10-14-18)19-15-11-8-12-16-19/h7-16,20H,5-6,17H2,1-4H3. The molecule has 2 aromatic carbocycles. The Morgan fingerprint density at radius 3 is 1.75 bits per heavy atom. The summed E-state index contributed by atoms with van der Waals surface area (Å²) >= 11 is 1.88. The Hall–Kier alpha value is -0.980. The van der Waals surface area contributed by atoms with Crippen molar-refractivity contribution in [1.29, 1.82) is 0 Å². The average Bonchev–Trinajstić information content (AvgIpc) is 2.58. The van der Waals surface area contributed by atoms with E-state index in [0.717, 1.165) is 29.9 Å². The second-order valence-corrected chi connectivity index (χ2v) is 12.5. The molecule has 1 atom stereocenters. The van der Waals surface area contributed by atoms with E-state index in [-0.39, 0.29) is 9.74 Å². The normalized spacial score (nSPS) is 13.7. The molecular formula is C21H29OPS. The summed E-state index contributed by atoms with van der Waals surface area (Å²) in [4.78, 5) is 0.113. The molecule has 0 spiro atoms. The summed E-state index contributed by atoms with van der Waals surface area (Å²) < 4.78 is 14.6. The quantitative estimate of drug-likeness (QED) is 0.559. The van der Waals surface area contributed by atoms with E-state index in [0.29, 0.717) is 0 Å². The minimum atomic E-state index is -2.70. The zero-order valence-electron chi connectivity index (χ0n) is 15.2. The van der Waals surface area contributed by atoms with Crippen molar-refractivity contribution in [2.45, 2.75) is 56.7 Å². The van der Waals surface area contributed by atoms with Gasteiger partial charge in [-0.25, -0.2) is 0 Å². The second-order valence-electron chi connectivity index (χ2n) is 7.16. The molecule has 0 aliphatic rings. The first kappa shape index (κ1) is 19.3. The van der Waals surface area contributed by atoms with E-state index >= 15 is 0 Å². The molecule has 0 saturated heterocycles. The average molecular weight is 361 g/mol. The van der Waals surface area contributed by atoms with Gasteiger partial charge in [0.25, 0.3) is 0 Å². The summed E-state index contributed by atoms with van der Waals surface area (Å²) in [5, 5.41) is 1.96. The molecule has 24 heavy (non-hydrogen) atoms. The van der Waals surface area contributed by atoms with E-state index in [2.05, 4.69) is 27.7 Å². The third kappa shape index (κ3) is 4.77. The van der Waals surface area contributed by atoms with Gasteiger partial charge in [0.05, 0.1) is 4.99 Å². The monoisotopic (exact) mass is 360 g/mol. The highest BCUT2D eigenvalue weighted by Crippen LogP contribution is 2.57. The van der Waals surface area contributed by atoms with Crippen LogP contribution in [-0.4, -0.2) is 9.74 Å². The number of unbranched alkanes of at least 4 members (excludes halogenated alkanes) is 1. The molecule has 3 heteroatoms. The van der Waals surface area contributed by atoms with E-state index < -0.39 is 7.14 Å². The van der Waals surface area contributed by atoms with E-state index in [1.807, 2.05) is 72.4 Å². The Bertz CT molecular complexity index is 618. The lowest BCUT2D eigenvalue weighted by Crippen LogP contribution is -2.27. The fourth-order valence-electron chi connectivity index (χ4n) is 2.88. The van der Waals surface area contributed by atoms with E-state index in [1.54, 1.807) is 0 Å². The maximum Gasteiger partial charge on any atom is 0.155 e. The lowest BCUT2D eigenvalue weighted by atomic mass is 10.3. The van der Waals surface area contributed by atoms with Crippen molar-refractivity contribution in [1.82, 2.24) is 0 Å². The van der Waals surface area contributed by atoms with Gasteiger partial charge < -0.3 is 4.57 Å². The molecule has 0 saturated carbocycles. The number of hydrogen-bond donors (Lipinski definition) is 0. The summed E-state index contributed by atoms with van der Waals surface area (Å²) in [6, 6.07) is 20.2. The van der Waals surface area contributed by atoms with Gasteiger partial charge in [0, 0.05) is 15.4 Å².